The van der Waals surface area contributed by atoms with E-state index in [4.69, 9.17) is 15.2 Å². The van der Waals surface area contributed by atoms with Crippen LogP contribution in [0.2, 0.25) is 0 Å². The molecule has 104 valence electrons. The highest BCUT2D eigenvalue weighted by atomic mass is 16.5. The number of rotatable bonds is 4. The minimum Gasteiger partial charge on any atom is -0.445 e. The van der Waals surface area contributed by atoms with E-state index >= 15 is 0 Å². The zero-order chi connectivity index (χ0) is 13.6. The zero-order valence-electron chi connectivity index (χ0n) is 10.9. The van der Waals surface area contributed by atoms with Crippen LogP contribution in [0.5, 0.6) is 0 Å². The number of ether oxygens (including phenoxy) is 2. The smallest absolute Gasteiger partial charge is 0.407 e. The Bertz CT molecular complexity index is 402. The SMILES string of the molecule is NC1(CNC(=O)OCc2ccccc2)CCOCC1. The molecule has 0 saturated carbocycles. The number of benzene rings is 1. The number of hydrogen-bond acceptors (Lipinski definition) is 4. The predicted octanol–water partition coefficient (Wildman–Crippen LogP) is 1.42. The second-order valence-corrected chi connectivity index (χ2v) is 4.89. The van der Waals surface area contributed by atoms with Crippen LogP contribution in [-0.2, 0) is 16.1 Å². The van der Waals surface area contributed by atoms with Crippen molar-refractivity contribution in [3.63, 3.8) is 0 Å². The molecule has 5 nitrogen and oxygen atoms in total. The fourth-order valence-corrected chi connectivity index (χ4v) is 1.98. The van der Waals surface area contributed by atoms with Gasteiger partial charge in [-0.2, -0.15) is 0 Å². The third-order valence-corrected chi connectivity index (χ3v) is 3.29. The predicted molar refractivity (Wildman–Crippen MR) is 71.6 cm³/mol. The van der Waals surface area contributed by atoms with Crippen molar-refractivity contribution in [2.45, 2.75) is 25.0 Å². The Morgan fingerprint density at radius 3 is 2.68 bits per heavy atom. The number of nitrogens with one attached hydrogen (secondary N) is 1. The molecule has 2 rings (SSSR count). The number of amides is 1. The molecule has 0 atom stereocenters. The Kier molecular flexibility index (Phi) is 4.76. The first-order valence-corrected chi connectivity index (χ1v) is 6.49. The van der Waals surface area contributed by atoms with E-state index in [1.165, 1.54) is 0 Å². The van der Waals surface area contributed by atoms with E-state index in [0.29, 0.717) is 19.8 Å². The molecule has 5 heteroatoms. The van der Waals surface area contributed by atoms with E-state index in [1.807, 2.05) is 30.3 Å². The molecule has 1 saturated heterocycles. The van der Waals surface area contributed by atoms with Gasteiger partial charge in [0.05, 0.1) is 0 Å². The molecule has 0 unspecified atom stereocenters. The van der Waals surface area contributed by atoms with Crippen LogP contribution in [0.3, 0.4) is 0 Å². The first-order chi connectivity index (χ1) is 9.18. The highest BCUT2D eigenvalue weighted by Gasteiger charge is 2.28. The summed E-state index contributed by atoms with van der Waals surface area (Å²) in [6.45, 7) is 1.99. The summed E-state index contributed by atoms with van der Waals surface area (Å²) in [6, 6.07) is 9.57. The summed E-state index contributed by atoms with van der Waals surface area (Å²) in [7, 11) is 0. The minimum atomic E-state index is -0.430. The summed E-state index contributed by atoms with van der Waals surface area (Å²) >= 11 is 0. The molecule has 19 heavy (non-hydrogen) atoms. The summed E-state index contributed by atoms with van der Waals surface area (Å²) in [5.74, 6) is 0. The fourth-order valence-electron chi connectivity index (χ4n) is 1.98. The number of alkyl carbamates (subject to hydrolysis) is 1. The topological polar surface area (TPSA) is 73.6 Å². The zero-order valence-corrected chi connectivity index (χ0v) is 10.9. The Balaban J connectivity index is 1.70. The van der Waals surface area contributed by atoms with Crippen LogP contribution in [0.15, 0.2) is 30.3 Å². The summed E-state index contributed by atoms with van der Waals surface area (Å²) in [6.07, 6.45) is 1.08. The fraction of sp³-hybridized carbons (Fsp3) is 0.500. The van der Waals surface area contributed by atoms with Gasteiger partial charge in [-0.15, -0.1) is 0 Å². The molecule has 1 amide bonds. The van der Waals surface area contributed by atoms with Gasteiger partial charge in [0, 0.05) is 25.3 Å². The number of hydrogen-bond donors (Lipinski definition) is 2. The van der Waals surface area contributed by atoms with E-state index in [1.54, 1.807) is 0 Å². The van der Waals surface area contributed by atoms with Crippen LogP contribution in [0.25, 0.3) is 0 Å². The van der Waals surface area contributed by atoms with Crippen molar-refractivity contribution in [2.75, 3.05) is 19.8 Å². The van der Waals surface area contributed by atoms with Crippen LogP contribution in [0, 0.1) is 0 Å². The average molecular weight is 264 g/mol. The highest BCUT2D eigenvalue weighted by molar-refractivity contribution is 5.67. The van der Waals surface area contributed by atoms with Crippen molar-refractivity contribution < 1.29 is 14.3 Å². The van der Waals surface area contributed by atoms with Crippen molar-refractivity contribution in [3.8, 4) is 0 Å². The van der Waals surface area contributed by atoms with Gasteiger partial charge < -0.3 is 20.5 Å². The standard InChI is InChI=1S/C14H20N2O3/c15-14(6-8-18-9-7-14)11-16-13(17)19-10-12-4-2-1-3-5-12/h1-5H,6-11,15H2,(H,16,17). The van der Waals surface area contributed by atoms with Gasteiger partial charge in [-0.1, -0.05) is 30.3 Å². The second-order valence-electron chi connectivity index (χ2n) is 4.89. The van der Waals surface area contributed by atoms with Gasteiger partial charge in [0.15, 0.2) is 0 Å². The van der Waals surface area contributed by atoms with E-state index < -0.39 is 6.09 Å². The molecule has 1 aromatic carbocycles. The van der Waals surface area contributed by atoms with E-state index in [9.17, 15) is 4.79 Å². The van der Waals surface area contributed by atoms with Gasteiger partial charge in [-0.25, -0.2) is 4.79 Å². The van der Waals surface area contributed by atoms with Crippen LogP contribution in [-0.4, -0.2) is 31.4 Å². The molecule has 0 aromatic heterocycles. The van der Waals surface area contributed by atoms with Gasteiger partial charge in [0.1, 0.15) is 6.61 Å². The summed E-state index contributed by atoms with van der Waals surface area (Å²) in [5, 5.41) is 2.72. The molecule has 0 bridgehead atoms. The van der Waals surface area contributed by atoms with E-state index in [0.717, 1.165) is 18.4 Å². The van der Waals surface area contributed by atoms with Gasteiger partial charge in [0.25, 0.3) is 0 Å². The molecule has 3 N–H and O–H groups in total. The molecule has 1 aliphatic rings. The molecule has 0 radical (unpaired) electrons. The lowest BCUT2D eigenvalue weighted by Crippen LogP contribution is -2.53. The Morgan fingerprint density at radius 1 is 1.32 bits per heavy atom. The molecular weight excluding hydrogens is 244 g/mol. The molecular formula is C14H20N2O3. The van der Waals surface area contributed by atoms with Gasteiger partial charge in [0.2, 0.25) is 0 Å². The maximum Gasteiger partial charge on any atom is 0.407 e. The monoisotopic (exact) mass is 264 g/mol. The van der Waals surface area contributed by atoms with E-state index in [-0.39, 0.29) is 12.1 Å². The van der Waals surface area contributed by atoms with Gasteiger partial charge in [-0.3, -0.25) is 0 Å². The minimum absolute atomic E-state index is 0.271. The quantitative estimate of drug-likeness (QED) is 0.862. The number of nitrogens with two attached hydrogens (primary N) is 1. The highest BCUT2D eigenvalue weighted by Crippen LogP contribution is 2.16. The lowest BCUT2D eigenvalue weighted by atomic mass is 9.91. The van der Waals surface area contributed by atoms with Crippen molar-refractivity contribution in [3.05, 3.63) is 35.9 Å². The average Bonchev–Trinajstić information content (AvgIpc) is 2.45. The molecule has 1 aliphatic heterocycles. The largest absolute Gasteiger partial charge is 0.445 e. The van der Waals surface area contributed by atoms with E-state index in [2.05, 4.69) is 5.32 Å². The van der Waals surface area contributed by atoms with Gasteiger partial charge in [-0.05, 0) is 18.4 Å². The molecule has 0 aliphatic carbocycles. The lowest BCUT2D eigenvalue weighted by molar-refractivity contribution is 0.0519. The normalized spacial score (nSPS) is 17.7. The van der Waals surface area contributed by atoms with Crippen LogP contribution in [0.1, 0.15) is 18.4 Å². The second kappa shape index (κ2) is 6.54. The lowest BCUT2D eigenvalue weighted by Gasteiger charge is -2.33. The Morgan fingerprint density at radius 2 is 2.00 bits per heavy atom. The first-order valence-electron chi connectivity index (χ1n) is 6.49. The number of carbonyl (C=O) groups excluding carboxylic acids is 1. The van der Waals surface area contributed by atoms with Crippen LogP contribution >= 0.6 is 0 Å². The summed E-state index contributed by atoms with van der Waals surface area (Å²) in [4.78, 5) is 11.6. The third-order valence-electron chi connectivity index (χ3n) is 3.29. The van der Waals surface area contributed by atoms with Crippen LogP contribution in [0.4, 0.5) is 4.79 Å². The van der Waals surface area contributed by atoms with Crippen LogP contribution < -0.4 is 11.1 Å². The molecule has 1 heterocycles. The third kappa shape index (κ3) is 4.54. The molecule has 1 fully saturated rings. The maximum absolute atomic E-state index is 11.6. The Labute approximate surface area is 113 Å². The van der Waals surface area contributed by atoms with Crippen molar-refractivity contribution >= 4 is 6.09 Å². The summed E-state index contributed by atoms with van der Waals surface area (Å²) in [5.41, 5.74) is 6.76. The molecule has 0 spiro atoms. The first kappa shape index (κ1) is 13.8. The van der Waals surface area contributed by atoms with Crippen molar-refractivity contribution in [2.24, 2.45) is 5.73 Å². The number of carbonyl (C=O) groups is 1. The van der Waals surface area contributed by atoms with Gasteiger partial charge >= 0.3 is 6.09 Å². The molecule has 1 aromatic rings. The maximum atomic E-state index is 11.6. The Hall–Kier alpha value is -1.59. The van der Waals surface area contributed by atoms with Crippen molar-refractivity contribution in [1.82, 2.24) is 5.32 Å². The summed E-state index contributed by atoms with van der Waals surface area (Å²) < 4.78 is 10.4. The van der Waals surface area contributed by atoms with Crippen molar-refractivity contribution in [1.29, 1.82) is 0 Å².